The molecular weight excluding hydrogens is 863 g/mol. The highest BCUT2D eigenvalue weighted by atomic mass is 16.3. The third-order valence-corrected chi connectivity index (χ3v) is 14.9. The molecule has 0 atom stereocenters. The molecule has 14 rings (SSSR count). The summed E-state index contributed by atoms with van der Waals surface area (Å²) >= 11 is 0. The minimum atomic E-state index is -0.213. The number of nitrogens with zero attached hydrogens (tertiary/aromatic N) is 3. The standard InChI is InChI=1S/C67H47N3O/c1-67(2)59-33-17-14-28-52(59)53-38-37-48(42-60(53)67)69(62-35-20-32-56-54-29-16-19-36-64(54)71-66(56)62)50-40-44(39-49(41-50)68(45-21-6-3-7-22-45)46-23-8-4-9-24-46)58-43-63-65(55-30-13-12-27-51(55)58)57-31-15-18-34-61(57)70(63)47-25-10-5-11-26-47/h3-43H,1-2H3. The third-order valence-electron chi connectivity index (χ3n) is 14.9. The molecule has 71 heavy (non-hydrogen) atoms. The number of para-hydroxylation sites is 6. The predicted molar refractivity (Wildman–Crippen MR) is 298 cm³/mol. The van der Waals surface area contributed by atoms with E-state index in [2.05, 4.69) is 277 Å². The lowest BCUT2D eigenvalue weighted by Gasteiger charge is -2.31. The van der Waals surface area contributed by atoms with Crippen LogP contribution >= 0.6 is 0 Å². The van der Waals surface area contributed by atoms with Gasteiger partial charge in [0.2, 0.25) is 0 Å². The van der Waals surface area contributed by atoms with E-state index < -0.39 is 0 Å². The lowest BCUT2D eigenvalue weighted by molar-refractivity contribution is 0.660. The first-order valence-corrected chi connectivity index (χ1v) is 24.5. The topological polar surface area (TPSA) is 24.6 Å². The zero-order valence-electron chi connectivity index (χ0n) is 39.4. The number of fused-ring (bicyclic) bond motifs is 11. The number of hydrogen-bond donors (Lipinski definition) is 0. The predicted octanol–water partition coefficient (Wildman–Crippen LogP) is 18.7. The van der Waals surface area contributed by atoms with Crippen LogP contribution in [0.4, 0.5) is 34.1 Å². The van der Waals surface area contributed by atoms with Gasteiger partial charge in [0.05, 0.1) is 16.7 Å². The van der Waals surface area contributed by atoms with Crippen molar-refractivity contribution in [1.29, 1.82) is 0 Å². The van der Waals surface area contributed by atoms with Gasteiger partial charge in [-0.25, -0.2) is 0 Å². The molecule has 0 saturated carbocycles. The van der Waals surface area contributed by atoms with E-state index in [1.165, 1.54) is 49.3 Å². The number of rotatable bonds is 8. The van der Waals surface area contributed by atoms with Crippen molar-refractivity contribution < 1.29 is 4.42 Å². The van der Waals surface area contributed by atoms with Gasteiger partial charge in [-0.1, -0.05) is 172 Å². The molecule has 0 amide bonds. The Morgan fingerprint density at radius 2 is 0.958 bits per heavy atom. The van der Waals surface area contributed by atoms with E-state index in [1.54, 1.807) is 0 Å². The van der Waals surface area contributed by atoms with Gasteiger partial charge in [0.1, 0.15) is 5.58 Å². The Kier molecular flexibility index (Phi) is 9.21. The summed E-state index contributed by atoms with van der Waals surface area (Å²) < 4.78 is 9.39. The summed E-state index contributed by atoms with van der Waals surface area (Å²) in [5.74, 6) is 0. The SMILES string of the molecule is CC1(C)c2ccccc2-c2ccc(N(c3cc(-c4cc5c(c6ccccc46)c4ccccc4n5-c4ccccc4)cc(N(c4ccccc4)c4ccccc4)c3)c3cccc4c3oc3ccccc34)cc21. The average molecular weight is 910 g/mol. The Morgan fingerprint density at radius 3 is 1.72 bits per heavy atom. The van der Waals surface area contributed by atoms with Gasteiger partial charge >= 0.3 is 0 Å². The highest BCUT2D eigenvalue weighted by Crippen LogP contribution is 2.53. The second kappa shape index (κ2) is 16.0. The van der Waals surface area contributed by atoms with Crippen LogP contribution in [0.25, 0.3) is 82.5 Å². The molecule has 4 heteroatoms. The van der Waals surface area contributed by atoms with Crippen LogP contribution in [0.2, 0.25) is 0 Å². The van der Waals surface area contributed by atoms with E-state index in [0.29, 0.717) is 0 Å². The monoisotopic (exact) mass is 909 g/mol. The molecule has 0 fully saturated rings. The molecular formula is C67H47N3O. The van der Waals surface area contributed by atoms with Crippen LogP contribution in [-0.4, -0.2) is 4.57 Å². The van der Waals surface area contributed by atoms with E-state index >= 15 is 0 Å². The molecule has 1 aliphatic rings. The first-order valence-electron chi connectivity index (χ1n) is 24.5. The number of hydrogen-bond acceptors (Lipinski definition) is 3. The maximum atomic E-state index is 6.96. The fourth-order valence-electron chi connectivity index (χ4n) is 11.7. The average Bonchev–Trinajstić information content (AvgIpc) is 4.05. The molecule has 1 aliphatic carbocycles. The van der Waals surface area contributed by atoms with Crippen molar-refractivity contribution in [3.8, 4) is 27.9 Å². The molecule has 2 aromatic heterocycles. The van der Waals surface area contributed by atoms with E-state index in [-0.39, 0.29) is 5.41 Å². The molecule has 4 nitrogen and oxygen atoms in total. The number of benzene rings is 11. The van der Waals surface area contributed by atoms with Gasteiger partial charge in [-0.2, -0.15) is 0 Å². The summed E-state index contributed by atoms with van der Waals surface area (Å²) in [5, 5.41) is 7.05. The normalized spacial score (nSPS) is 12.8. The Hall–Kier alpha value is -9.12. The molecule has 11 aromatic carbocycles. The van der Waals surface area contributed by atoms with Crippen LogP contribution in [0.15, 0.2) is 253 Å². The van der Waals surface area contributed by atoms with Crippen molar-refractivity contribution in [1.82, 2.24) is 4.57 Å². The highest BCUT2D eigenvalue weighted by Gasteiger charge is 2.36. The number of furan rings is 1. The van der Waals surface area contributed by atoms with Crippen LogP contribution in [0.1, 0.15) is 25.0 Å². The summed E-state index contributed by atoms with van der Waals surface area (Å²) in [6.45, 7) is 4.72. The van der Waals surface area contributed by atoms with Crippen LogP contribution in [0.5, 0.6) is 0 Å². The van der Waals surface area contributed by atoms with Crippen molar-refractivity contribution in [2.75, 3.05) is 9.80 Å². The fraction of sp³-hybridized carbons (Fsp3) is 0.0448. The quantitative estimate of drug-likeness (QED) is 0.152. The van der Waals surface area contributed by atoms with E-state index in [0.717, 1.165) is 78.4 Å². The first-order chi connectivity index (χ1) is 35.0. The molecule has 0 saturated heterocycles. The minimum Gasteiger partial charge on any atom is -0.454 e. The second-order valence-corrected chi connectivity index (χ2v) is 19.3. The van der Waals surface area contributed by atoms with Gasteiger partial charge in [-0.05, 0) is 135 Å². The van der Waals surface area contributed by atoms with E-state index in [1.807, 2.05) is 0 Å². The van der Waals surface area contributed by atoms with E-state index in [9.17, 15) is 0 Å². The van der Waals surface area contributed by atoms with Crippen molar-refractivity contribution in [2.24, 2.45) is 0 Å². The van der Waals surface area contributed by atoms with Crippen molar-refractivity contribution >= 4 is 88.6 Å². The van der Waals surface area contributed by atoms with Gasteiger partial charge in [0, 0.05) is 61.1 Å². The Balaban J connectivity index is 1.11. The molecule has 0 N–H and O–H groups in total. The summed E-state index contributed by atoms with van der Waals surface area (Å²) in [6, 6.07) is 90.5. The fourth-order valence-corrected chi connectivity index (χ4v) is 11.7. The van der Waals surface area contributed by atoms with Crippen LogP contribution < -0.4 is 9.80 Å². The molecule has 336 valence electrons. The first kappa shape index (κ1) is 40.9. The molecule has 2 heterocycles. The van der Waals surface area contributed by atoms with E-state index in [4.69, 9.17) is 4.42 Å². The zero-order valence-corrected chi connectivity index (χ0v) is 39.4. The molecule has 0 aliphatic heterocycles. The Morgan fingerprint density at radius 1 is 0.366 bits per heavy atom. The Labute approximate surface area is 412 Å². The van der Waals surface area contributed by atoms with Crippen LogP contribution in [0, 0.1) is 0 Å². The lowest BCUT2D eigenvalue weighted by atomic mass is 9.82. The largest absolute Gasteiger partial charge is 0.454 e. The van der Waals surface area contributed by atoms with Crippen LogP contribution in [-0.2, 0) is 5.41 Å². The highest BCUT2D eigenvalue weighted by molar-refractivity contribution is 6.24. The minimum absolute atomic E-state index is 0.213. The Bertz CT molecular complexity index is 4170. The van der Waals surface area contributed by atoms with Crippen molar-refractivity contribution in [3.63, 3.8) is 0 Å². The molecule has 0 bridgehead atoms. The van der Waals surface area contributed by atoms with Gasteiger partial charge in [0.25, 0.3) is 0 Å². The summed E-state index contributed by atoms with van der Waals surface area (Å²) in [6.07, 6.45) is 0. The van der Waals surface area contributed by atoms with Crippen molar-refractivity contribution in [3.05, 3.63) is 260 Å². The summed E-state index contributed by atoms with van der Waals surface area (Å²) in [5.41, 5.74) is 18.6. The molecule has 0 spiro atoms. The van der Waals surface area contributed by atoms with Crippen molar-refractivity contribution in [2.45, 2.75) is 19.3 Å². The third kappa shape index (κ3) is 6.38. The second-order valence-electron chi connectivity index (χ2n) is 19.3. The maximum absolute atomic E-state index is 6.96. The lowest BCUT2D eigenvalue weighted by Crippen LogP contribution is -2.17. The van der Waals surface area contributed by atoms with Gasteiger partial charge < -0.3 is 18.8 Å². The molecule has 13 aromatic rings. The number of anilines is 6. The van der Waals surface area contributed by atoms with Gasteiger partial charge in [-0.15, -0.1) is 0 Å². The van der Waals surface area contributed by atoms with Crippen LogP contribution in [0.3, 0.4) is 0 Å². The summed E-state index contributed by atoms with van der Waals surface area (Å²) in [4.78, 5) is 4.82. The molecule has 0 radical (unpaired) electrons. The van der Waals surface area contributed by atoms with Gasteiger partial charge in [-0.3, -0.25) is 0 Å². The maximum Gasteiger partial charge on any atom is 0.159 e. The smallest absolute Gasteiger partial charge is 0.159 e. The zero-order chi connectivity index (χ0) is 47.2. The number of aromatic nitrogens is 1. The molecule has 0 unspecified atom stereocenters. The van der Waals surface area contributed by atoms with Gasteiger partial charge in [0.15, 0.2) is 5.58 Å². The summed E-state index contributed by atoms with van der Waals surface area (Å²) in [7, 11) is 0.